The average molecular weight is 385 g/mol. The number of aromatic nitrogens is 1. The van der Waals surface area contributed by atoms with Gasteiger partial charge in [-0.05, 0) is 37.1 Å². The van der Waals surface area contributed by atoms with E-state index in [9.17, 15) is 9.90 Å². The van der Waals surface area contributed by atoms with Crippen LogP contribution in [0.15, 0.2) is 22.7 Å². The normalized spacial score (nSPS) is 12.5. The molecule has 118 valence electrons. The van der Waals surface area contributed by atoms with Crippen molar-refractivity contribution in [2.75, 3.05) is 0 Å². The van der Waals surface area contributed by atoms with E-state index in [1.54, 1.807) is 6.07 Å². The largest absolute Gasteiger partial charge is 0.478 e. The number of halogens is 2. The highest BCUT2D eigenvalue weighted by atomic mass is 79.9. The highest BCUT2D eigenvalue weighted by Gasteiger charge is 2.19. The summed E-state index contributed by atoms with van der Waals surface area (Å²) in [6.07, 6.45) is 3.68. The SMILES string of the molecule is CCCCC(Cl)Cc1nc2ccc(Br)cc2c(C(=O)O)c1C. The van der Waals surface area contributed by atoms with Crippen LogP contribution >= 0.6 is 27.5 Å². The fourth-order valence-electron chi connectivity index (χ4n) is 2.59. The second-order valence-electron chi connectivity index (χ2n) is 5.47. The van der Waals surface area contributed by atoms with E-state index in [0.717, 1.165) is 29.4 Å². The first kappa shape index (κ1) is 17.2. The van der Waals surface area contributed by atoms with Crippen LogP contribution in [0.1, 0.15) is 47.8 Å². The number of carbonyl (C=O) groups is 1. The molecule has 0 radical (unpaired) electrons. The molecule has 1 heterocycles. The maximum atomic E-state index is 11.7. The van der Waals surface area contributed by atoms with Gasteiger partial charge in [0.2, 0.25) is 0 Å². The Morgan fingerprint density at radius 1 is 1.45 bits per heavy atom. The second kappa shape index (κ2) is 7.42. The predicted octanol–water partition coefficient (Wildman–Crippen LogP) is 5.34. The predicted molar refractivity (Wildman–Crippen MR) is 94.0 cm³/mol. The molecular formula is C17H19BrClNO2. The van der Waals surface area contributed by atoms with Gasteiger partial charge in [0.05, 0.1) is 11.1 Å². The minimum absolute atomic E-state index is 0.0132. The Bertz CT molecular complexity index is 703. The van der Waals surface area contributed by atoms with Crippen molar-refractivity contribution < 1.29 is 9.90 Å². The van der Waals surface area contributed by atoms with Crippen LogP contribution < -0.4 is 0 Å². The zero-order chi connectivity index (χ0) is 16.3. The molecule has 0 saturated heterocycles. The Balaban J connectivity index is 2.50. The quantitative estimate of drug-likeness (QED) is 0.683. The van der Waals surface area contributed by atoms with Gasteiger partial charge in [0, 0.05) is 27.4 Å². The number of benzene rings is 1. The van der Waals surface area contributed by atoms with Gasteiger partial charge in [-0.3, -0.25) is 4.98 Å². The molecule has 1 atom stereocenters. The Kier molecular flexibility index (Phi) is 5.81. The molecule has 0 aliphatic carbocycles. The lowest BCUT2D eigenvalue weighted by molar-refractivity contribution is 0.0698. The summed E-state index contributed by atoms with van der Waals surface area (Å²) in [5.74, 6) is -0.927. The number of hydrogen-bond acceptors (Lipinski definition) is 2. The van der Waals surface area contributed by atoms with Crippen LogP contribution in [0.4, 0.5) is 0 Å². The first-order valence-corrected chi connectivity index (χ1v) is 8.63. The van der Waals surface area contributed by atoms with Crippen LogP contribution in [0.25, 0.3) is 10.9 Å². The van der Waals surface area contributed by atoms with E-state index in [1.807, 2.05) is 19.1 Å². The number of carboxylic acids is 1. The van der Waals surface area contributed by atoms with E-state index in [1.165, 1.54) is 0 Å². The fraction of sp³-hybridized carbons (Fsp3) is 0.412. The number of carboxylic acid groups (broad SMARTS) is 1. The fourth-order valence-corrected chi connectivity index (χ4v) is 3.25. The number of aromatic carboxylic acids is 1. The van der Waals surface area contributed by atoms with Gasteiger partial charge in [-0.25, -0.2) is 4.79 Å². The third-order valence-corrected chi connectivity index (χ3v) is 4.66. The molecule has 5 heteroatoms. The third-order valence-electron chi connectivity index (χ3n) is 3.79. The molecule has 0 aliphatic heterocycles. The lowest BCUT2D eigenvalue weighted by Gasteiger charge is -2.14. The molecule has 2 aromatic rings. The van der Waals surface area contributed by atoms with Crippen LogP contribution in [-0.4, -0.2) is 21.4 Å². The van der Waals surface area contributed by atoms with Crippen LogP contribution in [0.3, 0.4) is 0 Å². The number of rotatable bonds is 6. The smallest absolute Gasteiger partial charge is 0.336 e. The van der Waals surface area contributed by atoms with E-state index in [-0.39, 0.29) is 5.38 Å². The zero-order valence-corrected chi connectivity index (χ0v) is 15.0. The molecule has 0 fully saturated rings. The van der Waals surface area contributed by atoms with Crippen molar-refractivity contribution in [3.05, 3.63) is 39.5 Å². The summed E-state index contributed by atoms with van der Waals surface area (Å²) in [5.41, 5.74) is 2.50. The molecule has 0 aliphatic rings. The van der Waals surface area contributed by atoms with Gasteiger partial charge in [0.15, 0.2) is 0 Å². The summed E-state index contributed by atoms with van der Waals surface area (Å²) >= 11 is 9.77. The number of pyridine rings is 1. The topological polar surface area (TPSA) is 50.2 Å². The molecule has 2 rings (SSSR count). The van der Waals surface area contributed by atoms with Gasteiger partial charge >= 0.3 is 5.97 Å². The third kappa shape index (κ3) is 3.79. The molecule has 1 aromatic carbocycles. The van der Waals surface area contributed by atoms with E-state index in [4.69, 9.17) is 11.6 Å². The molecule has 3 nitrogen and oxygen atoms in total. The van der Waals surface area contributed by atoms with E-state index in [0.29, 0.717) is 28.5 Å². The van der Waals surface area contributed by atoms with Crippen molar-refractivity contribution >= 4 is 44.4 Å². The minimum atomic E-state index is -0.927. The Labute approximate surface area is 143 Å². The minimum Gasteiger partial charge on any atom is -0.478 e. The number of unbranched alkanes of at least 4 members (excludes halogenated alkanes) is 1. The van der Waals surface area contributed by atoms with Gasteiger partial charge in [-0.2, -0.15) is 0 Å². The van der Waals surface area contributed by atoms with Crippen molar-refractivity contribution in [3.8, 4) is 0 Å². The molecule has 1 N–H and O–H groups in total. The van der Waals surface area contributed by atoms with Crippen molar-refractivity contribution in [1.82, 2.24) is 4.98 Å². The van der Waals surface area contributed by atoms with Gasteiger partial charge < -0.3 is 5.11 Å². The van der Waals surface area contributed by atoms with Crippen LogP contribution in [0.2, 0.25) is 0 Å². The van der Waals surface area contributed by atoms with Crippen LogP contribution in [0.5, 0.6) is 0 Å². The van der Waals surface area contributed by atoms with E-state index >= 15 is 0 Å². The first-order chi connectivity index (χ1) is 10.4. The molecule has 1 aromatic heterocycles. The van der Waals surface area contributed by atoms with Crippen molar-refractivity contribution in [2.45, 2.75) is 44.9 Å². The number of hydrogen-bond donors (Lipinski definition) is 1. The van der Waals surface area contributed by atoms with Gasteiger partial charge in [-0.15, -0.1) is 11.6 Å². The van der Waals surface area contributed by atoms with E-state index in [2.05, 4.69) is 27.8 Å². The highest BCUT2D eigenvalue weighted by Crippen LogP contribution is 2.27. The molecule has 0 spiro atoms. The van der Waals surface area contributed by atoms with Crippen molar-refractivity contribution in [1.29, 1.82) is 0 Å². The Morgan fingerprint density at radius 2 is 2.18 bits per heavy atom. The summed E-state index contributed by atoms with van der Waals surface area (Å²) < 4.78 is 0.842. The summed E-state index contributed by atoms with van der Waals surface area (Å²) in [5, 5.41) is 10.2. The summed E-state index contributed by atoms with van der Waals surface area (Å²) in [4.78, 5) is 16.3. The molecule has 22 heavy (non-hydrogen) atoms. The molecule has 0 saturated carbocycles. The summed E-state index contributed by atoms with van der Waals surface area (Å²) in [7, 11) is 0. The maximum Gasteiger partial charge on any atom is 0.336 e. The van der Waals surface area contributed by atoms with Gasteiger partial charge in [0.1, 0.15) is 0 Å². The maximum absolute atomic E-state index is 11.7. The molecular weight excluding hydrogens is 366 g/mol. The van der Waals surface area contributed by atoms with Gasteiger partial charge in [-0.1, -0.05) is 35.7 Å². The molecule has 1 unspecified atom stereocenters. The monoisotopic (exact) mass is 383 g/mol. The number of fused-ring (bicyclic) bond motifs is 1. The van der Waals surface area contributed by atoms with Gasteiger partial charge in [0.25, 0.3) is 0 Å². The summed E-state index contributed by atoms with van der Waals surface area (Å²) in [6.45, 7) is 3.94. The number of alkyl halides is 1. The standard InChI is InChI=1S/C17H19BrClNO2/c1-3-4-5-12(19)9-15-10(2)16(17(21)22)13-8-11(18)6-7-14(13)20-15/h6-8,12H,3-5,9H2,1-2H3,(H,21,22). The average Bonchev–Trinajstić information content (AvgIpc) is 2.46. The van der Waals surface area contributed by atoms with Crippen molar-refractivity contribution in [2.24, 2.45) is 0 Å². The molecule has 0 bridgehead atoms. The highest BCUT2D eigenvalue weighted by molar-refractivity contribution is 9.10. The van der Waals surface area contributed by atoms with Crippen molar-refractivity contribution in [3.63, 3.8) is 0 Å². The van der Waals surface area contributed by atoms with Crippen LogP contribution in [0, 0.1) is 6.92 Å². The van der Waals surface area contributed by atoms with Crippen LogP contribution in [-0.2, 0) is 6.42 Å². The lowest BCUT2D eigenvalue weighted by atomic mass is 9.98. The Morgan fingerprint density at radius 3 is 2.82 bits per heavy atom. The Hall–Kier alpha value is -1.13. The number of nitrogens with zero attached hydrogens (tertiary/aromatic N) is 1. The summed E-state index contributed by atoms with van der Waals surface area (Å²) in [6, 6.07) is 5.51. The van der Waals surface area contributed by atoms with E-state index < -0.39 is 5.97 Å². The second-order valence-corrected chi connectivity index (χ2v) is 7.00. The lowest BCUT2D eigenvalue weighted by Crippen LogP contribution is -2.11. The first-order valence-electron chi connectivity index (χ1n) is 7.40. The zero-order valence-electron chi connectivity index (χ0n) is 12.7. The molecule has 0 amide bonds.